The van der Waals surface area contributed by atoms with E-state index in [1.54, 1.807) is 18.3 Å². The van der Waals surface area contributed by atoms with Crippen LogP contribution >= 0.6 is 11.8 Å². The molecule has 2 N–H and O–H groups in total. The number of carbonyl (C=O) groups excluding carboxylic acids is 3. The number of carbonyl (C=O) groups is 3. The first-order valence-electron chi connectivity index (χ1n) is 15.9. The number of hydrogen-bond acceptors (Lipinski definition) is 6. The van der Waals surface area contributed by atoms with Crippen molar-refractivity contribution in [2.24, 2.45) is 0 Å². The van der Waals surface area contributed by atoms with Crippen LogP contribution in [0.5, 0.6) is 0 Å². The van der Waals surface area contributed by atoms with Crippen LogP contribution in [0.2, 0.25) is 0 Å². The molecule has 1 fully saturated rings. The highest BCUT2D eigenvalue weighted by molar-refractivity contribution is 8.00. The predicted octanol–water partition coefficient (Wildman–Crippen LogP) is 6.74. The molecule has 1 saturated heterocycles. The molecule has 1 unspecified atom stereocenters. The van der Waals surface area contributed by atoms with Crippen LogP contribution in [0.1, 0.15) is 75.1 Å². The molecule has 44 heavy (non-hydrogen) atoms. The highest BCUT2D eigenvalue weighted by Gasteiger charge is 2.38. The smallest absolute Gasteiger partial charge is 0.252 e. The second kappa shape index (κ2) is 24.9. The highest BCUT2D eigenvalue weighted by Crippen LogP contribution is 2.24. The monoisotopic (exact) mass is 618 g/mol. The van der Waals surface area contributed by atoms with Crippen molar-refractivity contribution < 1.29 is 14.4 Å². The van der Waals surface area contributed by atoms with Gasteiger partial charge in [0.25, 0.3) is 5.91 Å². The van der Waals surface area contributed by atoms with Crippen LogP contribution in [0.15, 0.2) is 97.4 Å². The van der Waals surface area contributed by atoms with E-state index >= 15 is 0 Å². The van der Waals surface area contributed by atoms with Gasteiger partial charge in [-0.25, -0.2) is 0 Å². The minimum atomic E-state index is -0.370. The predicted molar refractivity (Wildman–Crippen MR) is 184 cm³/mol. The summed E-state index contributed by atoms with van der Waals surface area (Å²) in [6.07, 6.45) is 37.8. The molecule has 2 heterocycles. The van der Waals surface area contributed by atoms with Crippen molar-refractivity contribution >= 4 is 29.5 Å². The molecule has 7 nitrogen and oxygen atoms in total. The largest absolute Gasteiger partial charge is 0.351 e. The third-order valence-electron chi connectivity index (χ3n) is 6.67. The van der Waals surface area contributed by atoms with E-state index in [2.05, 4.69) is 95.5 Å². The lowest BCUT2D eigenvalue weighted by molar-refractivity contribution is -0.138. The Bertz CT molecular complexity index is 1140. The summed E-state index contributed by atoms with van der Waals surface area (Å²) in [4.78, 5) is 42.4. The molecule has 1 aliphatic heterocycles. The lowest BCUT2D eigenvalue weighted by Crippen LogP contribution is -2.37. The van der Waals surface area contributed by atoms with Crippen molar-refractivity contribution in [1.29, 1.82) is 0 Å². The number of nitrogens with zero attached hydrogens (tertiary/aromatic N) is 2. The number of hydrogen-bond donors (Lipinski definition) is 2. The summed E-state index contributed by atoms with van der Waals surface area (Å²) in [5.74, 6) is 0.127. The maximum absolute atomic E-state index is 12.7. The zero-order valence-corrected chi connectivity index (χ0v) is 27.1. The fourth-order valence-corrected chi connectivity index (χ4v) is 5.32. The molecule has 238 valence electrons. The van der Waals surface area contributed by atoms with E-state index in [1.165, 1.54) is 22.9 Å². The molecule has 1 aromatic rings. The first-order chi connectivity index (χ1) is 21.6. The third-order valence-corrected chi connectivity index (χ3v) is 7.88. The van der Waals surface area contributed by atoms with Gasteiger partial charge in [-0.05, 0) is 70.0 Å². The van der Waals surface area contributed by atoms with E-state index in [4.69, 9.17) is 0 Å². The molecule has 1 aromatic heterocycles. The van der Waals surface area contributed by atoms with Gasteiger partial charge in [0.2, 0.25) is 11.8 Å². The van der Waals surface area contributed by atoms with Crippen molar-refractivity contribution in [3.8, 4) is 0 Å². The molecule has 0 spiro atoms. The molecule has 0 aliphatic carbocycles. The summed E-state index contributed by atoms with van der Waals surface area (Å²) in [7, 11) is 0. The number of allylic oxidation sites excluding steroid dienone is 12. The zero-order valence-electron chi connectivity index (χ0n) is 26.2. The van der Waals surface area contributed by atoms with Crippen LogP contribution in [0.25, 0.3) is 0 Å². The molecule has 3 amide bonds. The van der Waals surface area contributed by atoms with Gasteiger partial charge in [-0.2, -0.15) is 0 Å². The van der Waals surface area contributed by atoms with Crippen LogP contribution in [-0.2, 0) is 9.59 Å². The fraction of sp³-hybridized carbons (Fsp3) is 0.444. The molecule has 1 aliphatic rings. The maximum Gasteiger partial charge on any atom is 0.252 e. The Hall–Kier alpha value is -3.49. The van der Waals surface area contributed by atoms with E-state index in [9.17, 15) is 14.4 Å². The highest BCUT2D eigenvalue weighted by atomic mass is 32.2. The van der Waals surface area contributed by atoms with E-state index in [0.29, 0.717) is 31.0 Å². The van der Waals surface area contributed by atoms with Gasteiger partial charge in [0.05, 0.1) is 10.8 Å². The quantitative estimate of drug-likeness (QED) is 0.0802. The summed E-state index contributed by atoms with van der Waals surface area (Å²) < 4.78 is 0. The van der Waals surface area contributed by atoms with Crippen molar-refractivity contribution in [3.63, 3.8) is 0 Å². The Labute approximate surface area is 268 Å². The average molecular weight is 619 g/mol. The molecular weight excluding hydrogens is 568 g/mol. The lowest BCUT2D eigenvalue weighted by Gasteiger charge is -2.15. The lowest BCUT2D eigenvalue weighted by atomic mass is 10.2. The van der Waals surface area contributed by atoms with Gasteiger partial charge in [-0.1, -0.05) is 79.8 Å². The number of imide groups is 1. The van der Waals surface area contributed by atoms with Gasteiger partial charge in [0.15, 0.2) is 0 Å². The number of pyridine rings is 1. The number of thioether (sulfide) groups is 1. The van der Waals surface area contributed by atoms with Gasteiger partial charge >= 0.3 is 0 Å². The normalized spacial score (nSPS) is 16.0. The fourth-order valence-electron chi connectivity index (χ4n) is 4.28. The Morgan fingerprint density at radius 2 is 1.50 bits per heavy atom. The number of rotatable bonds is 23. The molecule has 0 saturated carbocycles. The van der Waals surface area contributed by atoms with Gasteiger partial charge in [0.1, 0.15) is 0 Å². The second-order valence-electron chi connectivity index (χ2n) is 10.3. The van der Waals surface area contributed by atoms with Crippen molar-refractivity contribution in [1.82, 2.24) is 20.5 Å². The van der Waals surface area contributed by atoms with Crippen LogP contribution < -0.4 is 10.6 Å². The van der Waals surface area contributed by atoms with Crippen LogP contribution in [-0.4, -0.2) is 64.8 Å². The number of unbranched alkanes of at least 4 members (excludes halogenated alkanes) is 1. The van der Waals surface area contributed by atoms with Crippen LogP contribution in [0, 0.1) is 0 Å². The van der Waals surface area contributed by atoms with E-state index < -0.39 is 0 Å². The molecule has 0 aromatic carbocycles. The number of aromatic nitrogens is 1. The Morgan fingerprint density at radius 3 is 2.09 bits per heavy atom. The SMILES string of the molecule is CC/C=C\C/C=C\C/C=C\C/C=C\C/C=C\C/C=C\CCCNCCN1C(=O)CC(SCCNC(=O)c2cccnc2)C1=O. The summed E-state index contributed by atoms with van der Waals surface area (Å²) in [6, 6.07) is 3.41. The van der Waals surface area contributed by atoms with Gasteiger partial charge in [-0.3, -0.25) is 24.3 Å². The third kappa shape index (κ3) is 17.0. The van der Waals surface area contributed by atoms with E-state index in [1.807, 2.05) is 0 Å². The molecule has 8 heteroatoms. The molecule has 0 radical (unpaired) electrons. The zero-order chi connectivity index (χ0) is 31.5. The molecule has 0 bridgehead atoms. The Morgan fingerprint density at radius 1 is 0.886 bits per heavy atom. The minimum absolute atomic E-state index is 0.119. The van der Waals surface area contributed by atoms with E-state index in [0.717, 1.165) is 57.9 Å². The van der Waals surface area contributed by atoms with Crippen LogP contribution in [0.3, 0.4) is 0 Å². The van der Waals surface area contributed by atoms with Crippen molar-refractivity contribution in [3.05, 3.63) is 103 Å². The first kappa shape index (κ1) is 36.7. The Balaban J connectivity index is 1.42. The topological polar surface area (TPSA) is 91.4 Å². The average Bonchev–Trinajstić information content (AvgIpc) is 3.31. The Kier molecular flexibility index (Phi) is 20.8. The molecular formula is C36H50N4O3S. The van der Waals surface area contributed by atoms with Gasteiger partial charge in [0, 0.05) is 44.2 Å². The molecule has 1 atom stereocenters. The minimum Gasteiger partial charge on any atom is -0.351 e. The maximum atomic E-state index is 12.7. The first-order valence-corrected chi connectivity index (χ1v) is 16.9. The summed E-state index contributed by atoms with van der Waals surface area (Å²) in [6.45, 7) is 4.41. The van der Waals surface area contributed by atoms with Gasteiger partial charge in [-0.15, -0.1) is 11.8 Å². The number of amides is 3. The summed E-state index contributed by atoms with van der Waals surface area (Å²) in [5, 5.41) is 5.79. The summed E-state index contributed by atoms with van der Waals surface area (Å²) >= 11 is 1.42. The van der Waals surface area contributed by atoms with Crippen molar-refractivity contribution in [2.45, 2.75) is 70.0 Å². The number of nitrogens with one attached hydrogen (secondary N) is 2. The molecule has 2 rings (SSSR count). The van der Waals surface area contributed by atoms with Crippen molar-refractivity contribution in [2.75, 3.05) is 31.9 Å². The second-order valence-corrected chi connectivity index (χ2v) is 11.6. The van der Waals surface area contributed by atoms with E-state index in [-0.39, 0.29) is 29.4 Å². The number of likely N-dealkylation sites (tertiary alicyclic amines) is 1. The standard InChI is InChI=1S/C36H50N4O3S/c1-2-3-4-5-6-7-8-9-10-11-12-13-14-15-16-17-18-19-20-21-24-37-26-28-40-34(41)30-33(36(40)43)44-29-27-39-35(42)32-23-22-25-38-31-32/h3-4,6-7,9-10,12-13,15-16,18-19,22-23,25,31,33,37H,2,5,8,11,14,17,20-21,24,26-30H2,1H3,(H,39,42)/b4-3-,7-6-,10-9-,13-12-,16-15-,19-18-. The van der Waals surface area contributed by atoms with Crippen LogP contribution in [0.4, 0.5) is 0 Å². The summed E-state index contributed by atoms with van der Waals surface area (Å²) in [5.41, 5.74) is 0.501. The van der Waals surface area contributed by atoms with Gasteiger partial charge < -0.3 is 10.6 Å².